The molecule has 0 aromatic rings. The summed E-state index contributed by atoms with van der Waals surface area (Å²) in [6.45, 7) is 1.93. The number of thioether (sulfide) groups is 1. The van der Waals surface area contributed by atoms with Crippen LogP contribution in [-0.4, -0.2) is 35.4 Å². The minimum atomic E-state index is 0.0375. The van der Waals surface area contributed by atoms with Gasteiger partial charge in [0.05, 0.1) is 12.5 Å². The summed E-state index contributed by atoms with van der Waals surface area (Å²) in [4.78, 5) is 13.7. The Balaban J connectivity index is 2.35. The molecule has 1 amide bonds. The third-order valence-electron chi connectivity index (χ3n) is 3.25. The zero-order valence-corrected chi connectivity index (χ0v) is 10.9. The van der Waals surface area contributed by atoms with Gasteiger partial charge in [-0.1, -0.05) is 0 Å². The lowest BCUT2D eigenvalue weighted by Crippen LogP contribution is -2.36. The predicted molar refractivity (Wildman–Crippen MR) is 67.1 cm³/mol. The van der Waals surface area contributed by atoms with E-state index < -0.39 is 0 Å². The maximum absolute atomic E-state index is 11.9. The Hall–Kier alpha value is -0.690. The molecule has 1 aliphatic rings. The Morgan fingerprint density at radius 3 is 2.75 bits per heavy atom. The first-order chi connectivity index (χ1) is 7.65. The van der Waals surface area contributed by atoms with Crippen molar-refractivity contribution in [3.05, 3.63) is 0 Å². The van der Waals surface area contributed by atoms with Crippen LogP contribution in [0.1, 0.15) is 32.6 Å². The maximum Gasteiger partial charge on any atom is 0.222 e. The first-order valence-electron chi connectivity index (χ1n) is 5.85. The summed E-state index contributed by atoms with van der Waals surface area (Å²) >= 11 is 1.98. The molecule has 0 aromatic heterocycles. The molecule has 0 bridgehead atoms. The summed E-state index contributed by atoms with van der Waals surface area (Å²) in [6.07, 6.45) is 3.41. The minimum absolute atomic E-state index is 0.0375. The molecule has 90 valence electrons. The van der Waals surface area contributed by atoms with Crippen LogP contribution in [0.5, 0.6) is 0 Å². The second kappa shape index (κ2) is 6.80. The van der Waals surface area contributed by atoms with E-state index in [1.54, 1.807) is 4.90 Å². The average molecular weight is 240 g/mol. The van der Waals surface area contributed by atoms with E-state index in [2.05, 4.69) is 6.07 Å². The first-order valence-corrected chi connectivity index (χ1v) is 7.01. The van der Waals surface area contributed by atoms with Crippen molar-refractivity contribution in [2.24, 2.45) is 5.92 Å². The summed E-state index contributed by atoms with van der Waals surface area (Å²) in [6, 6.07) is 2.15. The fourth-order valence-corrected chi connectivity index (χ4v) is 3.06. The van der Waals surface area contributed by atoms with E-state index in [0.29, 0.717) is 18.8 Å². The van der Waals surface area contributed by atoms with E-state index in [1.807, 2.05) is 25.7 Å². The number of nitriles is 1. The average Bonchev–Trinajstić information content (AvgIpc) is 2.29. The third-order valence-corrected chi connectivity index (χ3v) is 4.29. The van der Waals surface area contributed by atoms with Crippen LogP contribution in [0, 0.1) is 17.2 Å². The molecule has 1 saturated heterocycles. The smallest absolute Gasteiger partial charge is 0.222 e. The van der Waals surface area contributed by atoms with Gasteiger partial charge in [-0.2, -0.15) is 17.0 Å². The van der Waals surface area contributed by atoms with Gasteiger partial charge in [-0.3, -0.25) is 4.79 Å². The van der Waals surface area contributed by atoms with Gasteiger partial charge in [-0.15, -0.1) is 0 Å². The zero-order chi connectivity index (χ0) is 12.0. The van der Waals surface area contributed by atoms with Crippen molar-refractivity contribution in [1.82, 2.24) is 4.90 Å². The highest BCUT2D eigenvalue weighted by Gasteiger charge is 2.21. The zero-order valence-electron chi connectivity index (χ0n) is 10.1. The largest absolute Gasteiger partial charge is 0.342 e. The van der Waals surface area contributed by atoms with Gasteiger partial charge in [0.15, 0.2) is 0 Å². The van der Waals surface area contributed by atoms with Crippen molar-refractivity contribution in [1.29, 1.82) is 5.26 Å². The molecule has 3 nitrogen and oxygen atoms in total. The molecule has 1 unspecified atom stereocenters. The van der Waals surface area contributed by atoms with Gasteiger partial charge in [0.25, 0.3) is 0 Å². The van der Waals surface area contributed by atoms with Crippen molar-refractivity contribution in [3.8, 4) is 6.07 Å². The fourth-order valence-electron chi connectivity index (χ4n) is 1.86. The lowest BCUT2D eigenvalue weighted by molar-refractivity contribution is -0.132. The number of hydrogen-bond acceptors (Lipinski definition) is 3. The van der Waals surface area contributed by atoms with Crippen LogP contribution >= 0.6 is 11.8 Å². The molecule has 0 N–H and O–H groups in total. The second-order valence-corrected chi connectivity index (χ2v) is 5.70. The molecule has 16 heavy (non-hydrogen) atoms. The Labute approximate surface area is 102 Å². The number of nitrogens with zero attached hydrogens (tertiary/aromatic N) is 2. The number of carbonyl (C=O) groups excluding carboxylic acids is 1. The van der Waals surface area contributed by atoms with E-state index >= 15 is 0 Å². The van der Waals surface area contributed by atoms with Gasteiger partial charge in [-0.25, -0.2) is 0 Å². The van der Waals surface area contributed by atoms with Crippen LogP contribution in [0.2, 0.25) is 0 Å². The number of carbonyl (C=O) groups is 1. The van der Waals surface area contributed by atoms with Gasteiger partial charge < -0.3 is 4.90 Å². The van der Waals surface area contributed by atoms with Crippen molar-refractivity contribution in [3.63, 3.8) is 0 Å². The van der Waals surface area contributed by atoms with Crippen LogP contribution < -0.4 is 0 Å². The minimum Gasteiger partial charge on any atom is -0.342 e. The Kier molecular flexibility index (Phi) is 5.68. The summed E-state index contributed by atoms with van der Waals surface area (Å²) in [7, 11) is 1.81. The molecule has 1 atom stereocenters. The molecule has 1 rings (SSSR count). The van der Waals surface area contributed by atoms with Gasteiger partial charge in [0, 0.05) is 19.5 Å². The molecule has 1 aliphatic heterocycles. The number of hydrogen-bond donors (Lipinski definition) is 0. The van der Waals surface area contributed by atoms with Gasteiger partial charge in [0.1, 0.15) is 0 Å². The maximum atomic E-state index is 11.9. The van der Waals surface area contributed by atoms with E-state index in [9.17, 15) is 4.79 Å². The van der Waals surface area contributed by atoms with Crippen LogP contribution in [0.3, 0.4) is 0 Å². The summed E-state index contributed by atoms with van der Waals surface area (Å²) in [5, 5.41) is 8.60. The SMILES string of the molecule is CC(CC#N)N(C)C(=O)CC1CCSCC1. The third kappa shape index (κ3) is 4.05. The van der Waals surface area contributed by atoms with Gasteiger partial charge in [-0.05, 0) is 37.2 Å². The molecule has 0 aromatic carbocycles. The predicted octanol–water partition coefficient (Wildman–Crippen LogP) is 2.28. The monoisotopic (exact) mass is 240 g/mol. The summed E-state index contributed by atoms with van der Waals surface area (Å²) in [5.41, 5.74) is 0. The van der Waals surface area contributed by atoms with Crippen molar-refractivity contribution >= 4 is 17.7 Å². The van der Waals surface area contributed by atoms with E-state index in [1.165, 1.54) is 11.5 Å². The summed E-state index contributed by atoms with van der Waals surface area (Å²) < 4.78 is 0. The molecule has 0 radical (unpaired) electrons. The molecule has 0 aliphatic carbocycles. The second-order valence-electron chi connectivity index (χ2n) is 4.48. The number of rotatable bonds is 4. The first kappa shape index (κ1) is 13.4. The highest BCUT2D eigenvalue weighted by molar-refractivity contribution is 7.99. The van der Waals surface area contributed by atoms with Crippen LogP contribution in [-0.2, 0) is 4.79 Å². The molecule has 4 heteroatoms. The molecule has 0 saturated carbocycles. The topological polar surface area (TPSA) is 44.1 Å². The molecular weight excluding hydrogens is 220 g/mol. The summed E-state index contributed by atoms with van der Waals surface area (Å²) in [5.74, 6) is 3.13. The van der Waals surface area contributed by atoms with Crippen LogP contribution in [0.25, 0.3) is 0 Å². The van der Waals surface area contributed by atoms with Crippen molar-refractivity contribution in [2.45, 2.75) is 38.6 Å². The lowest BCUT2D eigenvalue weighted by atomic mass is 9.98. The van der Waals surface area contributed by atoms with Gasteiger partial charge >= 0.3 is 0 Å². The van der Waals surface area contributed by atoms with E-state index in [-0.39, 0.29) is 11.9 Å². The standard InChI is InChI=1S/C12H20N2OS/c1-10(3-6-13)14(2)12(15)9-11-4-7-16-8-5-11/h10-11H,3-5,7-9H2,1-2H3. The lowest BCUT2D eigenvalue weighted by Gasteiger charge is -2.27. The van der Waals surface area contributed by atoms with Crippen molar-refractivity contribution in [2.75, 3.05) is 18.6 Å². The molecule has 1 heterocycles. The molecule has 0 spiro atoms. The van der Waals surface area contributed by atoms with Crippen LogP contribution in [0.15, 0.2) is 0 Å². The normalized spacial score (nSPS) is 18.8. The van der Waals surface area contributed by atoms with Crippen LogP contribution in [0.4, 0.5) is 0 Å². The highest BCUT2D eigenvalue weighted by atomic mass is 32.2. The Morgan fingerprint density at radius 1 is 1.56 bits per heavy atom. The fraction of sp³-hybridized carbons (Fsp3) is 0.833. The number of amides is 1. The quantitative estimate of drug-likeness (QED) is 0.757. The highest BCUT2D eigenvalue weighted by Crippen LogP contribution is 2.25. The van der Waals surface area contributed by atoms with E-state index in [4.69, 9.17) is 5.26 Å². The molecular formula is C12H20N2OS. The Morgan fingerprint density at radius 2 is 2.19 bits per heavy atom. The molecule has 1 fully saturated rings. The van der Waals surface area contributed by atoms with Gasteiger partial charge in [0.2, 0.25) is 5.91 Å². The Bertz CT molecular complexity index is 269. The van der Waals surface area contributed by atoms with Crippen molar-refractivity contribution < 1.29 is 4.79 Å². The van der Waals surface area contributed by atoms with E-state index in [0.717, 1.165) is 12.8 Å².